The molecule has 0 bridgehead atoms. The Kier molecular flexibility index (Phi) is 5.97. The van der Waals surface area contributed by atoms with Crippen LogP contribution in [0.4, 0.5) is 0 Å². The Morgan fingerprint density at radius 2 is 1.96 bits per heavy atom. The van der Waals surface area contributed by atoms with E-state index in [-0.39, 0.29) is 30.5 Å². The highest BCUT2D eigenvalue weighted by atomic mass is 35.5. The summed E-state index contributed by atoms with van der Waals surface area (Å²) in [7, 11) is 1.65. The summed E-state index contributed by atoms with van der Waals surface area (Å²) in [4.78, 5) is 13.3. The summed E-state index contributed by atoms with van der Waals surface area (Å²) >= 11 is 0. The number of methoxy groups -OCH3 is 1. The van der Waals surface area contributed by atoms with Gasteiger partial charge in [0, 0.05) is 23.9 Å². The van der Waals surface area contributed by atoms with Gasteiger partial charge in [0.25, 0.3) is 0 Å². The van der Waals surface area contributed by atoms with Crippen molar-refractivity contribution in [1.29, 1.82) is 0 Å². The summed E-state index contributed by atoms with van der Waals surface area (Å²) < 4.78 is 11.3. The average molecular weight is 390 g/mol. The lowest BCUT2D eigenvalue weighted by molar-refractivity contribution is 0.143. The molecule has 1 unspecified atom stereocenters. The van der Waals surface area contributed by atoms with Crippen molar-refractivity contribution in [3.63, 3.8) is 0 Å². The van der Waals surface area contributed by atoms with Gasteiger partial charge in [0.2, 0.25) is 0 Å². The lowest BCUT2D eigenvalue weighted by Crippen LogP contribution is -2.34. The maximum atomic E-state index is 10.2. The van der Waals surface area contributed by atoms with Gasteiger partial charge in [0.05, 0.1) is 31.6 Å². The second kappa shape index (κ2) is 8.23. The van der Waals surface area contributed by atoms with Crippen molar-refractivity contribution in [3.05, 3.63) is 59.1 Å². The number of ether oxygens (including phenoxy) is 2. The number of allylic oxidation sites excluding steroid dienone is 3. The highest BCUT2D eigenvalue weighted by molar-refractivity contribution is 6.06. The molecule has 2 heterocycles. The molecular formula is C20H24ClN3O3. The zero-order valence-corrected chi connectivity index (χ0v) is 16.3. The number of fused-ring (bicyclic) bond motifs is 2. The minimum atomic E-state index is -0.303. The molecule has 1 aliphatic heterocycles. The fraction of sp³-hybridized carbons (Fsp3) is 0.450. The van der Waals surface area contributed by atoms with Crippen LogP contribution in [0.5, 0.6) is 0 Å². The van der Waals surface area contributed by atoms with Gasteiger partial charge in [-0.15, -0.1) is 12.4 Å². The number of rotatable bonds is 4. The Balaban J connectivity index is 0.00000210. The first-order valence-corrected chi connectivity index (χ1v) is 9.06. The summed E-state index contributed by atoms with van der Waals surface area (Å²) in [5, 5.41) is 10.2. The van der Waals surface area contributed by atoms with Gasteiger partial charge in [0.1, 0.15) is 6.33 Å². The zero-order valence-electron chi connectivity index (χ0n) is 15.5. The van der Waals surface area contributed by atoms with E-state index < -0.39 is 0 Å². The Morgan fingerprint density at radius 1 is 1.19 bits per heavy atom. The number of hydrogen-bond donors (Lipinski definition) is 1. The van der Waals surface area contributed by atoms with Crippen LogP contribution in [0.15, 0.2) is 58.5 Å². The average Bonchev–Trinajstić information content (AvgIpc) is 2.68. The maximum Gasteiger partial charge on any atom is 0.161 e. The monoisotopic (exact) mass is 389 g/mol. The lowest BCUT2D eigenvalue weighted by Gasteiger charge is -2.37. The van der Waals surface area contributed by atoms with Crippen LogP contribution in [-0.4, -0.2) is 46.6 Å². The third kappa shape index (κ3) is 3.64. The molecule has 1 saturated carbocycles. The molecule has 27 heavy (non-hydrogen) atoms. The van der Waals surface area contributed by atoms with Crippen molar-refractivity contribution < 1.29 is 14.6 Å². The second-order valence-corrected chi connectivity index (χ2v) is 6.73. The van der Waals surface area contributed by atoms with E-state index in [9.17, 15) is 5.11 Å². The molecule has 3 atom stereocenters. The van der Waals surface area contributed by atoms with Gasteiger partial charge in [-0.1, -0.05) is 0 Å². The first-order chi connectivity index (χ1) is 12.7. The number of dihydropyridines is 1. The van der Waals surface area contributed by atoms with Crippen LogP contribution < -0.4 is 0 Å². The molecule has 7 heteroatoms. The molecule has 2 aliphatic carbocycles. The lowest BCUT2D eigenvalue weighted by atomic mass is 9.74. The first-order valence-electron chi connectivity index (χ1n) is 9.06. The number of aromatic nitrogens is 2. The minimum absolute atomic E-state index is 0. The number of hydrogen-bond acceptors (Lipinski definition) is 6. The second-order valence-electron chi connectivity index (χ2n) is 6.73. The van der Waals surface area contributed by atoms with Gasteiger partial charge in [-0.3, -0.25) is 4.99 Å². The Morgan fingerprint density at radius 3 is 2.67 bits per heavy atom. The van der Waals surface area contributed by atoms with Crippen molar-refractivity contribution in [2.75, 3.05) is 13.7 Å². The molecular weight excluding hydrogens is 366 g/mol. The van der Waals surface area contributed by atoms with Gasteiger partial charge in [-0.2, -0.15) is 0 Å². The number of aliphatic imine (C=N–C) groups is 1. The Hall–Kier alpha value is -2.18. The number of aliphatic hydroxyl groups excluding tert-OH is 1. The molecule has 0 aromatic carbocycles. The van der Waals surface area contributed by atoms with Crippen LogP contribution in [0, 0.1) is 5.92 Å². The summed E-state index contributed by atoms with van der Waals surface area (Å²) in [5.74, 6) is 1.40. The van der Waals surface area contributed by atoms with Crippen LogP contribution in [0.25, 0.3) is 0 Å². The van der Waals surface area contributed by atoms with E-state index in [1.807, 2.05) is 6.92 Å². The van der Waals surface area contributed by atoms with E-state index in [1.165, 1.54) is 11.9 Å². The third-order valence-corrected chi connectivity index (χ3v) is 5.15. The van der Waals surface area contributed by atoms with E-state index in [1.54, 1.807) is 19.5 Å². The normalized spacial score (nSPS) is 26.6. The number of aliphatic hydroxyl groups is 1. The fourth-order valence-corrected chi connectivity index (χ4v) is 3.98. The van der Waals surface area contributed by atoms with Crippen molar-refractivity contribution in [2.24, 2.45) is 10.9 Å². The standard InChI is InChI=1S/C20H23N3O3.ClH/c1-3-26-19-7-14-15-6-13(24)4-5-17(15)23-20(12-9-21-11-22-10-12)16(14)8-18(19)25-2;/h7-11,13,16-17,24H,3-6H2,1-2H3;1H/t13-,16?,17-;/m1./s1. The molecule has 6 nitrogen and oxygen atoms in total. The smallest absolute Gasteiger partial charge is 0.161 e. The van der Waals surface area contributed by atoms with Gasteiger partial charge in [0.15, 0.2) is 11.5 Å². The zero-order chi connectivity index (χ0) is 18.1. The minimum Gasteiger partial charge on any atom is -0.493 e. The van der Waals surface area contributed by atoms with E-state index in [0.29, 0.717) is 18.8 Å². The first kappa shape index (κ1) is 19.6. The molecule has 0 radical (unpaired) electrons. The SMILES string of the molecule is CCOC1=CC2=C3C[C@H](O)CC[C@H]3N=C(c3cncnc3)C2C=C1OC.Cl. The molecule has 1 N–H and O–H groups in total. The number of halogens is 1. The largest absolute Gasteiger partial charge is 0.493 e. The molecule has 1 fully saturated rings. The fourth-order valence-electron chi connectivity index (χ4n) is 3.98. The van der Waals surface area contributed by atoms with E-state index in [4.69, 9.17) is 14.5 Å². The predicted octanol–water partition coefficient (Wildman–Crippen LogP) is 2.99. The van der Waals surface area contributed by atoms with E-state index in [0.717, 1.165) is 35.4 Å². The maximum absolute atomic E-state index is 10.2. The van der Waals surface area contributed by atoms with Crippen molar-refractivity contribution in [1.82, 2.24) is 9.97 Å². The van der Waals surface area contributed by atoms with Crippen LogP contribution in [0.2, 0.25) is 0 Å². The summed E-state index contributed by atoms with van der Waals surface area (Å²) in [6.45, 7) is 2.53. The summed E-state index contributed by atoms with van der Waals surface area (Å²) in [6, 6.07) is 0.0940. The highest BCUT2D eigenvalue weighted by Gasteiger charge is 2.37. The Labute approximate surface area is 165 Å². The molecule has 1 aromatic rings. The van der Waals surface area contributed by atoms with Crippen molar-refractivity contribution in [3.8, 4) is 0 Å². The third-order valence-electron chi connectivity index (χ3n) is 5.15. The van der Waals surface area contributed by atoms with Gasteiger partial charge in [-0.25, -0.2) is 9.97 Å². The molecule has 0 amide bonds. The predicted molar refractivity (Wildman–Crippen MR) is 105 cm³/mol. The molecule has 3 aliphatic rings. The quantitative estimate of drug-likeness (QED) is 0.856. The number of nitrogens with zero attached hydrogens (tertiary/aromatic N) is 3. The van der Waals surface area contributed by atoms with Crippen LogP contribution >= 0.6 is 12.4 Å². The summed E-state index contributed by atoms with van der Waals surface area (Å²) in [6.07, 6.45) is 11.2. The highest BCUT2D eigenvalue weighted by Crippen LogP contribution is 2.42. The topological polar surface area (TPSA) is 76.8 Å². The molecule has 4 rings (SSSR count). The van der Waals surface area contributed by atoms with Crippen LogP contribution in [0.1, 0.15) is 31.7 Å². The van der Waals surface area contributed by atoms with E-state index >= 15 is 0 Å². The van der Waals surface area contributed by atoms with E-state index in [2.05, 4.69) is 22.1 Å². The molecule has 0 spiro atoms. The van der Waals surface area contributed by atoms with Crippen LogP contribution in [0.3, 0.4) is 0 Å². The van der Waals surface area contributed by atoms with Gasteiger partial charge in [-0.05, 0) is 49.5 Å². The Bertz CT molecular complexity index is 817. The summed E-state index contributed by atoms with van der Waals surface area (Å²) in [5.41, 5.74) is 4.23. The molecule has 0 saturated heterocycles. The van der Waals surface area contributed by atoms with Crippen molar-refractivity contribution in [2.45, 2.75) is 38.3 Å². The molecule has 1 aromatic heterocycles. The van der Waals surface area contributed by atoms with Crippen LogP contribution in [-0.2, 0) is 9.47 Å². The van der Waals surface area contributed by atoms with Crippen molar-refractivity contribution >= 4 is 18.1 Å². The van der Waals surface area contributed by atoms with Gasteiger partial charge >= 0.3 is 0 Å². The van der Waals surface area contributed by atoms with Gasteiger partial charge < -0.3 is 14.6 Å². The molecule has 144 valence electrons.